The molecule has 0 saturated carbocycles. The summed E-state index contributed by atoms with van der Waals surface area (Å²) in [5, 5.41) is 0. The smallest absolute Gasteiger partial charge is 0.0323 e. The van der Waals surface area contributed by atoms with E-state index in [4.69, 9.17) is 0 Å². The lowest BCUT2D eigenvalue weighted by Gasteiger charge is -2.45. The van der Waals surface area contributed by atoms with E-state index in [1.807, 2.05) is 0 Å². The van der Waals surface area contributed by atoms with E-state index in [1.54, 1.807) is 11.1 Å². The minimum absolute atomic E-state index is 0.527. The molecule has 3 aliphatic rings. The summed E-state index contributed by atoms with van der Waals surface area (Å²) in [5.74, 6) is 0.823. The Morgan fingerprint density at radius 2 is 1.55 bits per heavy atom. The van der Waals surface area contributed by atoms with E-state index in [2.05, 4.69) is 66.4 Å². The van der Waals surface area contributed by atoms with Crippen molar-refractivity contribution in [2.45, 2.75) is 44.7 Å². The molecule has 2 aliphatic heterocycles. The number of piperidine rings is 1. The highest BCUT2D eigenvalue weighted by Gasteiger charge is 2.34. The SMILES string of the molecule is C[C@H](c1ccccc1)N1C[C@@H]2CC[C@H]1Cc1ccccc1C2. The first-order chi connectivity index (χ1) is 10.8. The molecular weight excluding hydrogens is 266 g/mol. The van der Waals surface area contributed by atoms with Crippen LogP contribution in [-0.2, 0) is 12.8 Å². The molecule has 1 nitrogen and oxygen atoms in total. The van der Waals surface area contributed by atoms with Crippen LogP contribution >= 0.6 is 0 Å². The van der Waals surface area contributed by atoms with Gasteiger partial charge < -0.3 is 0 Å². The summed E-state index contributed by atoms with van der Waals surface area (Å²) in [6.07, 6.45) is 5.24. The molecule has 0 unspecified atom stereocenters. The summed E-state index contributed by atoms with van der Waals surface area (Å²) in [4.78, 5) is 2.78. The van der Waals surface area contributed by atoms with Crippen LogP contribution in [0.1, 0.15) is 42.5 Å². The van der Waals surface area contributed by atoms with Crippen LogP contribution in [-0.4, -0.2) is 17.5 Å². The molecular formula is C21H25N. The summed E-state index contributed by atoms with van der Waals surface area (Å²) in [5.41, 5.74) is 4.65. The largest absolute Gasteiger partial charge is 0.293 e. The average Bonchev–Trinajstić information content (AvgIpc) is 2.55. The molecule has 1 heteroatoms. The van der Waals surface area contributed by atoms with Crippen LogP contribution in [0.2, 0.25) is 0 Å². The number of hydrogen-bond acceptors (Lipinski definition) is 1. The summed E-state index contributed by atoms with van der Waals surface area (Å²) in [6, 6.07) is 21.4. The van der Waals surface area contributed by atoms with Crippen molar-refractivity contribution < 1.29 is 0 Å². The first-order valence-electron chi connectivity index (χ1n) is 8.69. The quantitative estimate of drug-likeness (QED) is 0.780. The van der Waals surface area contributed by atoms with E-state index in [0.29, 0.717) is 12.1 Å². The van der Waals surface area contributed by atoms with Crippen LogP contribution in [0.25, 0.3) is 0 Å². The summed E-state index contributed by atoms with van der Waals surface area (Å²) < 4.78 is 0. The summed E-state index contributed by atoms with van der Waals surface area (Å²) in [6.45, 7) is 3.65. The van der Waals surface area contributed by atoms with E-state index in [1.165, 1.54) is 37.8 Å². The van der Waals surface area contributed by atoms with Gasteiger partial charge in [-0.15, -0.1) is 0 Å². The number of fused-ring (bicyclic) bond motifs is 2. The highest BCUT2D eigenvalue weighted by atomic mass is 15.2. The van der Waals surface area contributed by atoms with Gasteiger partial charge in [0.1, 0.15) is 0 Å². The fourth-order valence-electron chi connectivity index (χ4n) is 4.44. The van der Waals surface area contributed by atoms with Crippen molar-refractivity contribution in [3.05, 3.63) is 71.3 Å². The Kier molecular flexibility index (Phi) is 3.75. The van der Waals surface area contributed by atoms with Gasteiger partial charge in [0.05, 0.1) is 0 Å². The third-order valence-corrected chi connectivity index (χ3v) is 5.71. The zero-order valence-electron chi connectivity index (χ0n) is 13.4. The van der Waals surface area contributed by atoms with Crippen molar-refractivity contribution in [2.75, 3.05) is 6.54 Å². The molecule has 1 aliphatic carbocycles. The summed E-state index contributed by atoms with van der Waals surface area (Å²) >= 11 is 0. The topological polar surface area (TPSA) is 3.24 Å². The molecule has 0 spiro atoms. The van der Waals surface area contributed by atoms with Crippen molar-refractivity contribution >= 4 is 0 Å². The Bertz CT molecular complexity index is 633. The Balaban J connectivity index is 1.64. The molecule has 22 heavy (non-hydrogen) atoms. The predicted molar refractivity (Wildman–Crippen MR) is 91.9 cm³/mol. The van der Waals surface area contributed by atoms with Gasteiger partial charge in [-0.25, -0.2) is 0 Å². The highest BCUT2D eigenvalue weighted by molar-refractivity contribution is 5.30. The number of hydrogen-bond donors (Lipinski definition) is 0. The van der Waals surface area contributed by atoms with E-state index in [-0.39, 0.29) is 0 Å². The lowest BCUT2D eigenvalue weighted by atomic mass is 9.79. The van der Waals surface area contributed by atoms with Gasteiger partial charge >= 0.3 is 0 Å². The van der Waals surface area contributed by atoms with Gasteiger partial charge in [0.15, 0.2) is 0 Å². The number of nitrogens with zero attached hydrogens (tertiary/aromatic N) is 1. The Morgan fingerprint density at radius 1 is 0.864 bits per heavy atom. The van der Waals surface area contributed by atoms with Gasteiger partial charge in [0, 0.05) is 18.6 Å². The Morgan fingerprint density at radius 3 is 2.32 bits per heavy atom. The minimum Gasteiger partial charge on any atom is -0.293 e. The number of benzene rings is 2. The monoisotopic (exact) mass is 291 g/mol. The molecule has 0 N–H and O–H groups in total. The second-order valence-electron chi connectivity index (χ2n) is 7.06. The Hall–Kier alpha value is -1.60. The molecule has 0 amide bonds. The fourth-order valence-corrected chi connectivity index (χ4v) is 4.44. The van der Waals surface area contributed by atoms with Gasteiger partial charge in [0.2, 0.25) is 0 Å². The predicted octanol–water partition coefficient (Wildman–Crippen LogP) is 4.63. The van der Waals surface area contributed by atoms with Crippen LogP contribution in [0.5, 0.6) is 0 Å². The molecule has 2 aromatic carbocycles. The zero-order chi connectivity index (χ0) is 14.9. The van der Waals surface area contributed by atoms with Crippen molar-refractivity contribution in [2.24, 2.45) is 5.92 Å². The maximum atomic E-state index is 2.78. The first-order valence-corrected chi connectivity index (χ1v) is 8.69. The third kappa shape index (κ3) is 2.59. The molecule has 5 rings (SSSR count). The second kappa shape index (κ2) is 5.89. The third-order valence-electron chi connectivity index (χ3n) is 5.71. The molecule has 1 fully saturated rings. The highest BCUT2D eigenvalue weighted by Crippen LogP contribution is 2.36. The molecule has 0 radical (unpaired) electrons. The van der Waals surface area contributed by atoms with E-state index >= 15 is 0 Å². The van der Waals surface area contributed by atoms with E-state index in [9.17, 15) is 0 Å². The van der Waals surface area contributed by atoms with Crippen molar-refractivity contribution in [1.82, 2.24) is 4.90 Å². The number of rotatable bonds is 2. The molecule has 2 heterocycles. The normalized spacial score (nSPS) is 26.0. The van der Waals surface area contributed by atoms with Crippen LogP contribution < -0.4 is 0 Å². The van der Waals surface area contributed by atoms with Crippen LogP contribution in [0.4, 0.5) is 0 Å². The van der Waals surface area contributed by atoms with Gasteiger partial charge in [-0.05, 0) is 55.2 Å². The molecule has 114 valence electrons. The van der Waals surface area contributed by atoms with Gasteiger partial charge in [-0.2, -0.15) is 0 Å². The lowest BCUT2D eigenvalue weighted by Crippen LogP contribution is -2.47. The standard InChI is InChI=1S/C21H25N/c1-16(18-7-3-2-4-8-18)22-15-17-11-12-21(22)14-20-10-6-5-9-19(20)13-17/h2-10,16-17,21H,11-15H2,1H3/t16-,17-,21+/m1/s1. The molecule has 0 aromatic heterocycles. The van der Waals surface area contributed by atoms with Gasteiger partial charge in [0.25, 0.3) is 0 Å². The minimum atomic E-state index is 0.527. The van der Waals surface area contributed by atoms with E-state index in [0.717, 1.165) is 5.92 Å². The molecule has 2 aromatic rings. The zero-order valence-corrected chi connectivity index (χ0v) is 13.4. The van der Waals surface area contributed by atoms with Crippen molar-refractivity contribution in [3.63, 3.8) is 0 Å². The summed E-state index contributed by atoms with van der Waals surface area (Å²) in [7, 11) is 0. The van der Waals surface area contributed by atoms with Gasteiger partial charge in [-0.3, -0.25) is 4.90 Å². The molecule has 1 saturated heterocycles. The van der Waals surface area contributed by atoms with Crippen LogP contribution in [0.15, 0.2) is 54.6 Å². The van der Waals surface area contributed by atoms with Gasteiger partial charge in [-0.1, -0.05) is 54.6 Å². The first kappa shape index (κ1) is 14.0. The fraction of sp³-hybridized carbons (Fsp3) is 0.429. The van der Waals surface area contributed by atoms with Crippen LogP contribution in [0.3, 0.4) is 0 Å². The maximum absolute atomic E-state index is 2.78. The molecule has 2 bridgehead atoms. The van der Waals surface area contributed by atoms with Crippen molar-refractivity contribution in [1.29, 1.82) is 0 Å². The van der Waals surface area contributed by atoms with Crippen molar-refractivity contribution in [3.8, 4) is 0 Å². The molecule has 3 atom stereocenters. The maximum Gasteiger partial charge on any atom is 0.0323 e. The lowest BCUT2D eigenvalue weighted by molar-refractivity contribution is 0.0643. The van der Waals surface area contributed by atoms with Crippen LogP contribution in [0, 0.1) is 5.92 Å². The van der Waals surface area contributed by atoms with E-state index < -0.39 is 0 Å². The second-order valence-corrected chi connectivity index (χ2v) is 7.06. The average molecular weight is 291 g/mol. The Labute approximate surface area is 134 Å².